The number of aromatic nitrogens is 4. The minimum Gasteiger partial charge on any atom is -0.497 e. The molecule has 4 rings (SSSR count). The Labute approximate surface area is 191 Å². The molecule has 1 aliphatic heterocycles. The molecule has 3 heterocycles. The number of piperidine rings is 1. The minimum atomic E-state index is -4.68. The van der Waals surface area contributed by atoms with Gasteiger partial charge in [0.15, 0.2) is 5.65 Å². The summed E-state index contributed by atoms with van der Waals surface area (Å²) in [5, 5.41) is 13.5. The Morgan fingerprint density at radius 1 is 1.09 bits per heavy atom. The van der Waals surface area contributed by atoms with Crippen LogP contribution in [0.15, 0.2) is 30.3 Å². The fourth-order valence-corrected chi connectivity index (χ4v) is 3.77. The van der Waals surface area contributed by atoms with E-state index in [-0.39, 0.29) is 23.0 Å². The molecule has 1 aliphatic rings. The zero-order valence-electron chi connectivity index (χ0n) is 18.3. The van der Waals surface area contributed by atoms with Crippen molar-refractivity contribution >= 4 is 29.0 Å². The van der Waals surface area contributed by atoms with Crippen LogP contribution >= 0.6 is 0 Å². The van der Waals surface area contributed by atoms with E-state index in [0.717, 1.165) is 0 Å². The SMILES string of the molecule is COC(=O)c1cc(OC)ccc1NC(=O)C1CCN(c2ccc3nnc(C(F)(F)F)n3n2)CC1. The molecule has 0 unspecified atom stereocenters. The summed E-state index contributed by atoms with van der Waals surface area (Å²) in [5.41, 5.74) is 0.463. The average Bonchev–Trinajstić information content (AvgIpc) is 3.28. The number of amides is 1. The number of hydrogen-bond donors (Lipinski definition) is 1. The largest absolute Gasteiger partial charge is 0.497 e. The van der Waals surface area contributed by atoms with Gasteiger partial charge in [0.25, 0.3) is 5.82 Å². The maximum Gasteiger partial charge on any atom is 0.453 e. The zero-order valence-corrected chi connectivity index (χ0v) is 18.3. The Morgan fingerprint density at radius 2 is 1.82 bits per heavy atom. The number of methoxy groups -OCH3 is 2. The Balaban J connectivity index is 1.44. The third-order valence-corrected chi connectivity index (χ3v) is 5.58. The highest BCUT2D eigenvalue weighted by Crippen LogP contribution is 2.29. The number of nitrogens with zero attached hydrogens (tertiary/aromatic N) is 5. The minimum absolute atomic E-state index is 0.00811. The molecule has 1 aromatic carbocycles. The van der Waals surface area contributed by atoms with E-state index < -0.39 is 18.0 Å². The number of carbonyl (C=O) groups excluding carboxylic acids is 2. The first-order valence-electron chi connectivity index (χ1n) is 10.3. The van der Waals surface area contributed by atoms with Crippen molar-refractivity contribution in [2.24, 2.45) is 5.92 Å². The van der Waals surface area contributed by atoms with Gasteiger partial charge in [-0.2, -0.15) is 17.7 Å². The van der Waals surface area contributed by atoms with Gasteiger partial charge >= 0.3 is 12.1 Å². The first kappa shape index (κ1) is 23.3. The topological polar surface area (TPSA) is 111 Å². The highest BCUT2D eigenvalue weighted by atomic mass is 19.4. The van der Waals surface area contributed by atoms with Gasteiger partial charge in [-0.1, -0.05) is 0 Å². The lowest BCUT2D eigenvalue weighted by Gasteiger charge is -2.32. The van der Waals surface area contributed by atoms with Crippen LogP contribution in [0.1, 0.15) is 29.0 Å². The summed E-state index contributed by atoms with van der Waals surface area (Å²) in [6, 6.07) is 7.65. The van der Waals surface area contributed by atoms with E-state index in [2.05, 4.69) is 20.6 Å². The van der Waals surface area contributed by atoms with Crippen LogP contribution in [0.3, 0.4) is 0 Å². The van der Waals surface area contributed by atoms with Crippen molar-refractivity contribution in [3.63, 3.8) is 0 Å². The lowest BCUT2D eigenvalue weighted by molar-refractivity contribution is -0.146. The van der Waals surface area contributed by atoms with Crippen molar-refractivity contribution in [2.45, 2.75) is 19.0 Å². The number of ether oxygens (including phenoxy) is 2. The summed E-state index contributed by atoms with van der Waals surface area (Å²) in [5.74, 6) is -1.65. The van der Waals surface area contributed by atoms with Crippen LogP contribution in [0.25, 0.3) is 5.65 Å². The molecule has 180 valence electrons. The van der Waals surface area contributed by atoms with E-state index in [9.17, 15) is 22.8 Å². The Hall–Kier alpha value is -3.90. The highest BCUT2D eigenvalue weighted by Gasteiger charge is 2.38. The number of nitrogens with one attached hydrogen (secondary N) is 1. The normalized spacial score (nSPS) is 14.8. The standard InChI is InChI=1S/C21H21F3N6O4/c1-33-13-3-4-15(14(11-13)19(32)34-2)25-18(31)12-7-9-29(10-8-12)17-6-5-16-26-27-20(21(22,23)24)30(16)28-17/h3-6,11-12H,7-10H2,1-2H3,(H,25,31). The summed E-state index contributed by atoms with van der Waals surface area (Å²) in [4.78, 5) is 26.7. The third-order valence-electron chi connectivity index (χ3n) is 5.58. The molecular weight excluding hydrogens is 457 g/mol. The van der Waals surface area contributed by atoms with Gasteiger partial charge in [0.05, 0.1) is 25.5 Å². The van der Waals surface area contributed by atoms with Crippen LogP contribution in [0.5, 0.6) is 5.75 Å². The molecule has 1 amide bonds. The van der Waals surface area contributed by atoms with Crippen molar-refractivity contribution < 1.29 is 32.2 Å². The molecule has 1 N–H and O–H groups in total. The van der Waals surface area contributed by atoms with Crippen LogP contribution in [0, 0.1) is 5.92 Å². The number of carbonyl (C=O) groups is 2. The second kappa shape index (κ2) is 9.15. The van der Waals surface area contributed by atoms with Crippen molar-refractivity contribution in [3.8, 4) is 5.75 Å². The molecule has 0 aliphatic carbocycles. The van der Waals surface area contributed by atoms with Gasteiger partial charge in [0.2, 0.25) is 5.91 Å². The predicted molar refractivity (Wildman–Crippen MR) is 114 cm³/mol. The summed E-state index contributed by atoms with van der Waals surface area (Å²) in [6.07, 6.45) is -3.78. The smallest absolute Gasteiger partial charge is 0.453 e. The number of esters is 1. The molecule has 34 heavy (non-hydrogen) atoms. The summed E-state index contributed by atoms with van der Waals surface area (Å²) >= 11 is 0. The Bertz CT molecular complexity index is 1220. The molecule has 3 aromatic rings. The van der Waals surface area contributed by atoms with Gasteiger partial charge in [0, 0.05) is 19.0 Å². The van der Waals surface area contributed by atoms with Crippen LogP contribution in [-0.4, -0.2) is 59.0 Å². The molecule has 1 saturated heterocycles. The van der Waals surface area contributed by atoms with E-state index in [1.807, 2.05) is 0 Å². The lowest BCUT2D eigenvalue weighted by Crippen LogP contribution is -2.39. The van der Waals surface area contributed by atoms with Crippen molar-refractivity contribution in [1.29, 1.82) is 0 Å². The van der Waals surface area contributed by atoms with Crippen molar-refractivity contribution in [3.05, 3.63) is 41.7 Å². The molecule has 0 bridgehead atoms. The van der Waals surface area contributed by atoms with Crippen LogP contribution in [0.2, 0.25) is 0 Å². The second-order valence-electron chi connectivity index (χ2n) is 7.64. The first-order chi connectivity index (χ1) is 16.2. The average molecular weight is 478 g/mol. The van der Waals surface area contributed by atoms with E-state index in [4.69, 9.17) is 9.47 Å². The maximum absolute atomic E-state index is 13.1. The summed E-state index contributed by atoms with van der Waals surface area (Å²) in [7, 11) is 2.70. The van der Waals surface area contributed by atoms with E-state index in [0.29, 0.717) is 47.7 Å². The van der Waals surface area contributed by atoms with Gasteiger partial charge in [-0.15, -0.1) is 15.3 Å². The third kappa shape index (κ3) is 4.58. The monoisotopic (exact) mass is 478 g/mol. The van der Waals surface area contributed by atoms with E-state index in [1.165, 1.54) is 26.4 Å². The van der Waals surface area contributed by atoms with E-state index in [1.54, 1.807) is 23.1 Å². The van der Waals surface area contributed by atoms with Gasteiger partial charge in [0.1, 0.15) is 11.6 Å². The molecule has 0 atom stereocenters. The summed E-state index contributed by atoms with van der Waals surface area (Å²) < 4.78 is 50.0. The summed E-state index contributed by atoms with van der Waals surface area (Å²) in [6.45, 7) is 0.819. The van der Waals surface area contributed by atoms with Gasteiger partial charge in [-0.25, -0.2) is 4.79 Å². The van der Waals surface area contributed by atoms with Gasteiger partial charge in [-0.05, 0) is 43.2 Å². The quantitative estimate of drug-likeness (QED) is 0.558. The zero-order chi connectivity index (χ0) is 24.5. The maximum atomic E-state index is 13.1. The fraction of sp³-hybridized carbons (Fsp3) is 0.381. The number of anilines is 2. The van der Waals surface area contributed by atoms with Crippen molar-refractivity contribution in [1.82, 2.24) is 19.8 Å². The molecule has 10 nitrogen and oxygen atoms in total. The number of fused-ring (bicyclic) bond motifs is 1. The van der Waals surface area contributed by atoms with Crippen LogP contribution in [0.4, 0.5) is 24.7 Å². The van der Waals surface area contributed by atoms with Crippen molar-refractivity contribution in [2.75, 3.05) is 37.5 Å². The second-order valence-corrected chi connectivity index (χ2v) is 7.64. The first-order valence-corrected chi connectivity index (χ1v) is 10.3. The molecule has 0 saturated carbocycles. The molecule has 1 fully saturated rings. The van der Waals surface area contributed by atoms with Crippen LogP contribution in [-0.2, 0) is 15.7 Å². The van der Waals surface area contributed by atoms with E-state index >= 15 is 0 Å². The number of alkyl halides is 3. The Morgan fingerprint density at radius 3 is 2.47 bits per heavy atom. The molecule has 13 heteroatoms. The highest BCUT2D eigenvalue weighted by molar-refractivity contribution is 6.02. The molecular formula is C21H21F3N6O4. The molecule has 0 radical (unpaired) electrons. The number of rotatable bonds is 5. The number of halogens is 3. The predicted octanol–water partition coefficient (Wildman–Crippen LogP) is 2.79. The molecule has 0 spiro atoms. The fourth-order valence-electron chi connectivity index (χ4n) is 3.77. The van der Waals surface area contributed by atoms with Crippen LogP contribution < -0.4 is 15.0 Å². The lowest BCUT2D eigenvalue weighted by atomic mass is 9.95. The Kier molecular flexibility index (Phi) is 6.26. The number of benzene rings is 1. The van der Waals surface area contributed by atoms with Gasteiger partial charge in [-0.3, -0.25) is 4.79 Å². The number of hydrogen-bond acceptors (Lipinski definition) is 8. The van der Waals surface area contributed by atoms with Gasteiger partial charge < -0.3 is 19.7 Å². The molecule has 2 aromatic heterocycles.